The highest BCUT2D eigenvalue weighted by Crippen LogP contribution is 2.29. The lowest BCUT2D eigenvalue weighted by Crippen LogP contribution is -2.09. The fourth-order valence-corrected chi connectivity index (χ4v) is 2.75. The van der Waals surface area contributed by atoms with Gasteiger partial charge in [0.1, 0.15) is 11.2 Å². The third-order valence-electron chi connectivity index (χ3n) is 2.12. The van der Waals surface area contributed by atoms with E-state index in [1.165, 1.54) is 29.2 Å². The summed E-state index contributed by atoms with van der Waals surface area (Å²) in [6, 6.07) is 4.80. The number of nitro groups is 1. The van der Waals surface area contributed by atoms with Gasteiger partial charge in [-0.3, -0.25) is 16.0 Å². The van der Waals surface area contributed by atoms with Crippen LogP contribution in [-0.4, -0.2) is 15.1 Å². The predicted molar refractivity (Wildman–Crippen MR) is 70.4 cm³/mol. The number of hydrogen-bond donors (Lipinski definition) is 2. The van der Waals surface area contributed by atoms with Crippen molar-refractivity contribution < 1.29 is 4.92 Å². The molecule has 0 amide bonds. The number of thioether (sulfide) groups is 1. The number of nitrogen functional groups attached to an aromatic ring is 1. The molecule has 0 unspecified atom stereocenters. The molecule has 0 aliphatic rings. The van der Waals surface area contributed by atoms with Gasteiger partial charge in [-0.25, -0.2) is 0 Å². The summed E-state index contributed by atoms with van der Waals surface area (Å²) in [4.78, 5) is 10.2. The third kappa shape index (κ3) is 2.94. The van der Waals surface area contributed by atoms with E-state index in [0.29, 0.717) is 11.4 Å². The van der Waals surface area contributed by atoms with E-state index >= 15 is 0 Å². The number of hydrazine groups is 1. The summed E-state index contributed by atoms with van der Waals surface area (Å²) in [5.41, 5.74) is 5.18. The molecule has 0 saturated heterocycles. The number of nitrogens with zero attached hydrogens (tertiary/aromatic N) is 3. The van der Waals surface area contributed by atoms with Crippen molar-refractivity contribution >= 4 is 34.5 Å². The highest BCUT2D eigenvalue weighted by molar-refractivity contribution is 8.00. The molecule has 0 aliphatic carbocycles. The van der Waals surface area contributed by atoms with Crippen LogP contribution in [0, 0.1) is 10.1 Å². The first-order chi connectivity index (χ1) is 8.70. The van der Waals surface area contributed by atoms with Crippen molar-refractivity contribution in [3.8, 4) is 0 Å². The molecule has 0 saturated carbocycles. The van der Waals surface area contributed by atoms with Gasteiger partial charge in [0.25, 0.3) is 5.69 Å². The van der Waals surface area contributed by atoms with Crippen LogP contribution in [0.2, 0.25) is 0 Å². The number of nitro benzene ring substituents is 1. The summed E-state index contributed by atoms with van der Waals surface area (Å²) in [5.74, 6) is 5.92. The molecule has 1 heterocycles. The summed E-state index contributed by atoms with van der Waals surface area (Å²) in [5, 5.41) is 18.4. The Hall–Kier alpha value is -1.71. The van der Waals surface area contributed by atoms with Crippen molar-refractivity contribution in [3.63, 3.8) is 0 Å². The normalized spacial score (nSPS) is 10.3. The SMILES string of the molecule is NNc1cc(CSc2nncs2)ccc1[N+](=O)[O-]. The fraction of sp³-hybridized carbons (Fsp3) is 0.111. The molecule has 18 heavy (non-hydrogen) atoms. The van der Waals surface area contributed by atoms with Crippen LogP contribution in [0.15, 0.2) is 28.0 Å². The third-order valence-corrected chi connectivity index (χ3v) is 4.05. The summed E-state index contributed by atoms with van der Waals surface area (Å²) in [6.07, 6.45) is 0. The van der Waals surface area contributed by atoms with Gasteiger partial charge in [-0.05, 0) is 11.6 Å². The lowest BCUT2D eigenvalue weighted by molar-refractivity contribution is -0.384. The lowest BCUT2D eigenvalue weighted by atomic mass is 10.2. The number of rotatable bonds is 5. The van der Waals surface area contributed by atoms with Crippen molar-refractivity contribution in [2.75, 3.05) is 5.43 Å². The van der Waals surface area contributed by atoms with Gasteiger partial charge in [0.2, 0.25) is 0 Å². The van der Waals surface area contributed by atoms with Gasteiger partial charge < -0.3 is 5.43 Å². The van der Waals surface area contributed by atoms with Crippen LogP contribution in [-0.2, 0) is 5.75 Å². The maximum atomic E-state index is 10.7. The van der Waals surface area contributed by atoms with E-state index in [0.717, 1.165) is 9.90 Å². The number of hydrogen-bond acceptors (Lipinski definition) is 8. The van der Waals surface area contributed by atoms with Crippen LogP contribution in [0.25, 0.3) is 0 Å². The van der Waals surface area contributed by atoms with Gasteiger partial charge >= 0.3 is 0 Å². The van der Waals surface area contributed by atoms with Crippen LogP contribution >= 0.6 is 23.1 Å². The molecule has 0 bridgehead atoms. The lowest BCUT2D eigenvalue weighted by Gasteiger charge is -2.04. The van der Waals surface area contributed by atoms with Crippen molar-refractivity contribution in [2.45, 2.75) is 10.1 Å². The predicted octanol–water partition coefficient (Wildman–Crippen LogP) is 2.02. The van der Waals surface area contributed by atoms with Gasteiger partial charge in [-0.1, -0.05) is 29.2 Å². The molecule has 1 aromatic carbocycles. The molecule has 0 atom stereocenters. The minimum Gasteiger partial charge on any atom is -0.318 e. The molecule has 7 nitrogen and oxygen atoms in total. The maximum absolute atomic E-state index is 10.7. The zero-order valence-corrected chi connectivity index (χ0v) is 10.7. The fourth-order valence-electron chi connectivity index (χ4n) is 1.32. The summed E-state index contributed by atoms with van der Waals surface area (Å²) in [7, 11) is 0. The van der Waals surface area contributed by atoms with Crippen LogP contribution in [0.3, 0.4) is 0 Å². The van der Waals surface area contributed by atoms with Gasteiger partial charge in [-0.2, -0.15) is 0 Å². The maximum Gasteiger partial charge on any atom is 0.293 e. The standard InChI is InChI=1S/C9H9N5O2S2/c10-12-7-3-6(1-2-8(7)14(15)16)4-17-9-13-11-5-18-9/h1-3,5,12H,4,10H2. The second-order valence-corrected chi connectivity index (χ2v) is 5.30. The van der Waals surface area contributed by atoms with Gasteiger partial charge in [0.15, 0.2) is 4.34 Å². The van der Waals surface area contributed by atoms with Gasteiger partial charge in [0, 0.05) is 11.8 Å². The highest BCUT2D eigenvalue weighted by atomic mass is 32.2. The first-order valence-corrected chi connectivity index (χ1v) is 6.70. The Balaban J connectivity index is 2.12. The van der Waals surface area contributed by atoms with E-state index in [9.17, 15) is 10.1 Å². The molecule has 1 aromatic heterocycles. The average Bonchev–Trinajstić information content (AvgIpc) is 2.88. The second-order valence-electron chi connectivity index (χ2n) is 3.25. The minimum atomic E-state index is -0.475. The molecule has 3 N–H and O–H groups in total. The van der Waals surface area contributed by atoms with E-state index in [1.54, 1.807) is 17.6 Å². The number of anilines is 1. The number of benzene rings is 1. The number of aromatic nitrogens is 2. The van der Waals surface area contributed by atoms with Crippen LogP contribution in [0.5, 0.6) is 0 Å². The topological polar surface area (TPSA) is 107 Å². The zero-order chi connectivity index (χ0) is 13.0. The van der Waals surface area contributed by atoms with E-state index in [-0.39, 0.29) is 5.69 Å². The Morgan fingerprint density at radius 1 is 1.56 bits per heavy atom. The van der Waals surface area contributed by atoms with Crippen molar-refractivity contribution in [1.29, 1.82) is 0 Å². The monoisotopic (exact) mass is 283 g/mol. The Bertz CT molecular complexity index is 546. The van der Waals surface area contributed by atoms with Crippen molar-refractivity contribution in [1.82, 2.24) is 10.2 Å². The van der Waals surface area contributed by atoms with Crippen LogP contribution < -0.4 is 11.3 Å². The molecule has 0 spiro atoms. The van der Waals surface area contributed by atoms with E-state index in [1.807, 2.05) is 0 Å². The number of nitrogens with one attached hydrogen (secondary N) is 1. The first-order valence-electron chi connectivity index (χ1n) is 4.83. The average molecular weight is 283 g/mol. The molecule has 2 rings (SSSR count). The van der Waals surface area contributed by atoms with Gasteiger partial charge in [-0.15, -0.1) is 10.2 Å². The van der Waals surface area contributed by atoms with E-state index < -0.39 is 4.92 Å². The molecular weight excluding hydrogens is 274 g/mol. The molecule has 9 heteroatoms. The molecule has 2 aromatic rings. The summed E-state index contributed by atoms with van der Waals surface area (Å²) >= 11 is 2.97. The highest BCUT2D eigenvalue weighted by Gasteiger charge is 2.13. The van der Waals surface area contributed by atoms with Gasteiger partial charge in [0.05, 0.1) is 4.92 Å². The van der Waals surface area contributed by atoms with Crippen LogP contribution in [0.4, 0.5) is 11.4 Å². The van der Waals surface area contributed by atoms with E-state index in [4.69, 9.17) is 5.84 Å². The summed E-state index contributed by atoms with van der Waals surface area (Å²) < 4.78 is 0.857. The first kappa shape index (κ1) is 12.7. The quantitative estimate of drug-likeness (QED) is 0.374. The Labute approximate surface area is 111 Å². The Kier molecular flexibility index (Phi) is 4.07. The smallest absolute Gasteiger partial charge is 0.293 e. The molecular formula is C9H9N5O2S2. The van der Waals surface area contributed by atoms with Crippen LogP contribution in [0.1, 0.15) is 5.56 Å². The largest absolute Gasteiger partial charge is 0.318 e. The second kappa shape index (κ2) is 5.76. The Morgan fingerprint density at radius 3 is 3.00 bits per heavy atom. The molecule has 0 aliphatic heterocycles. The summed E-state index contributed by atoms with van der Waals surface area (Å²) in [6.45, 7) is 0. The zero-order valence-electron chi connectivity index (χ0n) is 9.07. The molecule has 0 radical (unpaired) electrons. The van der Waals surface area contributed by atoms with E-state index in [2.05, 4.69) is 15.6 Å². The Morgan fingerprint density at radius 2 is 2.39 bits per heavy atom. The van der Waals surface area contributed by atoms with Crippen molar-refractivity contribution in [2.24, 2.45) is 5.84 Å². The molecule has 0 fully saturated rings. The molecule has 94 valence electrons. The van der Waals surface area contributed by atoms with Crippen molar-refractivity contribution in [3.05, 3.63) is 39.4 Å². The minimum absolute atomic E-state index is 0.0397. The number of nitrogens with two attached hydrogens (primary N) is 1.